The Bertz CT molecular complexity index is 619. The third-order valence-electron chi connectivity index (χ3n) is 2.70. The van der Waals surface area contributed by atoms with Gasteiger partial charge in [0.1, 0.15) is 5.82 Å². The maximum Gasteiger partial charge on any atom is 0.252 e. The molecule has 0 saturated carbocycles. The fraction of sp³-hybridized carbons (Fsp3) is 0.333. The third kappa shape index (κ3) is 2.40. The Kier molecular flexibility index (Phi) is 3.46. The van der Waals surface area contributed by atoms with Crippen molar-refractivity contribution >= 4 is 11.6 Å². The summed E-state index contributed by atoms with van der Waals surface area (Å²) in [6.45, 7) is 3.92. The second-order valence-electron chi connectivity index (χ2n) is 4.07. The highest BCUT2D eigenvalue weighted by atomic mass is 16.1. The Morgan fingerprint density at radius 3 is 2.68 bits per heavy atom. The summed E-state index contributed by atoms with van der Waals surface area (Å²) in [5.74, 6) is 1.21. The van der Waals surface area contributed by atoms with Gasteiger partial charge in [0.2, 0.25) is 0 Å². The zero-order chi connectivity index (χ0) is 14.0. The van der Waals surface area contributed by atoms with E-state index in [4.69, 9.17) is 11.5 Å². The minimum absolute atomic E-state index is 0.238. The van der Waals surface area contributed by atoms with Crippen LogP contribution in [-0.2, 0) is 12.8 Å². The van der Waals surface area contributed by atoms with Gasteiger partial charge in [-0.3, -0.25) is 4.79 Å². The van der Waals surface area contributed by atoms with E-state index < -0.39 is 5.91 Å². The fourth-order valence-corrected chi connectivity index (χ4v) is 1.76. The molecule has 19 heavy (non-hydrogen) atoms. The normalized spacial score (nSPS) is 10.6. The minimum Gasteiger partial charge on any atom is -0.397 e. The van der Waals surface area contributed by atoms with Crippen LogP contribution in [0.15, 0.2) is 12.3 Å². The lowest BCUT2D eigenvalue weighted by Gasteiger charge is -2.08. The molecule has 0 aromatic carbocycles. The number of carbonyl (C=O) groups is 1. The number of amides is 1. The molecule has 4 N–H and O–H groups in total. The van der Waals surface area contributed by atoms with Crippen LogP contribution in [0.2, 0.25) is 0 Å². The van der Waals surface area contributed by atoms with E-state index in [1.54, 1.807) is 4.68 Å². The molecule has 100 valence electrons. The number of nitrogens with zero attached hydrogens (tertiary/aromatic N) is 4. The van der Waals surface area contributed by atoms with E-state index >= 15 is 0 Å². The second-order valence-corrected chi connectivity index (χ2v) is 4.07. The molecule has 0 aliphatic carbocycles. The molecule has 0 bridgehead atoms. The number of hydrogen-bond donors (Lipinski definition) is 2. The highest BCUT2D eigenvalue weighted by molar-refractivity contribution is 5.96. The number of pyridine rings is 1. The largest absolute Gasteiger partial charge is 0.397 e. The predicted molar refractivity (Wildman–Crippen MR) is 70.8 cm³/mol. The van der Waals surface area contributed by atoms with Gasteiger partial charge >= 0.3 is 0 Å². The summed E-state index contributed by atoms with van der Waals surface area (Å²) in [5, 5.41) is 4.34. The van der Waals surface area contributed by atoms with Crippen molar-refractivity contribution in [3.05, 3.63) is 29.5 Å². The molecule has 7 heteroatoms. The van der Waals surface area contributed by atoms with E-state index in [9.17, 15) is 4.79 Å². The fourth-order valence-electron chi connectivity index (χ4n) is 1.76. The Labute approximate surface area is 110 Å². The van der Waals surface area contributed by atoms with Gasteiger partial charge < -0.3 is 11.5 Å². The average Bonchev–Trinajstić information content (AvgIpc) is 2.81. The number of hydrogen-bond acceptors (Lipinski definition) is 5. The Hall–Kier alpha value is -2.44. The van der Waals surface area contributed by atoms with Gasteiger partial charge in [0, 0.05) is 12.8 Å². The van der Waals surface area contributed by atoms with Crippen LogP contribution in [-0.4, -0.2) is 25.7 Å². The lowest BCUT2D eigenvalue weighted by atomic mass is 10.2. The molecule has 0 unspecified atom stereocenters. The number of anilines is 1. The van der Waals surface area contributed by atoms with Crippen molar-refractivity contribution in [3.8, 4) is 5.82 Å². The molecule has 0 spiro atoms. The van der Waals surface area contributed by atoms with Crippen molar-refractivity contribution < 1.29 is 4.79 Å². The Morgan fingerprint density at radius 2 is 2.11 bits per heavy atom. The molecule has 0 saturated heterocycles. The van der Waals surface area contributed by atoms with Crippen LogP contribution in [0.3, 0.4) is 0 Å². The molecule has 2 aromatic rings. The molecular weight excluding hydrogens is 244 g/mol. The Morgan fingerprint density at radius 1 is 1.37 bits per heavy atom. The van der Waals surface area contributed by atoms with Crippen LogP contribution in [0.5, 0.6) is 0 Å². The molecule has 2 heterocycles. The summed E-state index contributed by atoms with van der Waals surface area (Å²) in [6, 6.07) is 1.50. The van der Waals surface area contributed by atoms with Crippen LogP contribution in [0.25, 0.3) is 5.82 Å². The topological polar surface area (TPSA) is 113 Å². The molecule has 0 radical (unpaired) electrons. The summed E-state index contributed by atoms with van der Waals surface area (Å²) >= 11 is 0. The maximum absolute atomic E-state index is 11.5. The molecule has 0 atom stereocenters. The summed E-state index contributed by atoms with van der Waals surface area (Å²) in [5.41, 5.74) is 11.6. The van der Waals surface area contributed by atoms with Crippen LogP contribution in [0, 0.1) is 0 Å². The lowest BCUT2D eigenvalue weighted by Crippen LogP contribution is -2.18. The molecule has 2 aromatic heterocycles. The van der Waals surface area contributed by atoms with Crippen molar-refractivity contribution in [2.24, 2.45) is 5.73 Å². The number of nitrogen functional groups attached to an aromatic ring is 1. The van der Waals surface area contributed by atoms with Gasteiger partial charge in [0.25, 0.3) is 5.91 Å². The SMILES string of the molecule is CCc1nc(CC)n(-c2ncc(N)cc2C(N)=O)n1. The average molecular weight is 260 g/mol. The molecule has 0 aliphatic rings. The number of nitrogens with two attached hydrogens (primary N) is 2. The summed E-state index contributed by atoms with van der Waals surface area (Å²) in [7, 11) is 0. The molecule has 0 aliphatic heterocycles. The summed E-state index contributed by atoms with van der Waals surface area (Å²) < 4.78 is 1.55. The monoisotopic (exact) mass is 260 g/mol. The zero-order valence-electron chi connectivity index (χ0n) is 10.9. The number of aromatic nitrogens is 4. The first-order valence-corrected chi connectivity index (χ1v) is 6.07. The Balaban J connectivity index is 2.64. The van der Waals surface area contributed by atoms with Crippen molar-refractivity contribution in [2.75, 3.05) is 5.73 Å². The van der Waals surface area contributed by atoms with Gasteiger partial charge in [-0.05, 0) is 6.07 Å². The van der Waals surface area contributed by atoms with Crippen molar-refractivity contribution in [1.82, 2.24) is 19.7 Å². The first-order valence-electron chi connectivity index (χ1n) is 6.07. The third-order valence-corrected chi connectivity index (χ3v) is 2.70. The summed E-state index contributed by atoms with van der Waals surface area (Å²) in [6.07, 6.45) is 2.85. The molecule has 7 nitrogen and oxygen atoms in total. The van der Waals surface area contributed by atoms with E-state index in [1.165, 1.54) is 12.3 Å². The highest BCUT2D eigenvalue weighted by Crippen LogP contribution is 2.16. The molecule has 0 fully saturated rings. The lowest BCUT2D eigenvalue weighted by molar-refractivity contribution is 0.1000. The summed E-state index contributed by atoms with van der Waals surface area (Å²) in [4.78, 5) is 20.0. The molecule has 1 amide bonds. The van der Waals surface area contributed by atoms with E-state index in [-0.39, 0.29) is 5.56 Å². The number of aryl methyl sites for hydroxylation is 2. The van der Waals surface area contributed by atoms with E-state index in [0.717, 1.165) is 5.82 Å². The quantitative estimate of drug-likeness (QED) is 0.829. The van der Waals surface area contributed by atoms with E-state index in [2.05, 4.69) is 15.1 Å². The minimum atomic E-state index is -0.592. The van der Waals surface area contributed by atoms with Gasteiger partial charge in [-0.25, -0.2) is 9.97 Å². The zero-order valence-corrected chi connectivity index (χ0v) is 10.9. The van der Waals surface area contributed by atoms with Gasteiger partial charge in [-0.15, -0.1) is 5.10 Å². The molecular formula is C12H16N6O. The standard InChI is InChI=1S/C12H16N6O/c1-3-9-16-10(4-2)18(17-9)12-8(11(14)19)5-7(13)6-15-12/h5-6H,3-4,13H2,1-2H3,(H2,14,19). The smallest absolute Gasteiger partial charge is 0.252 e. The first kappa shape index (κ1) is 13.0. The van der Waals surface area contributed by atoms with E-state index in [0.29, 0.717) is 30.2 Å². The van der Waals surface area contributed by atoms with Crippen molar-refractivity contribution in [3.63, 3.8) is 0 Å². The van der Waals surface area contributed by atoms with Gasteiger partial charge in [0.15, 0.2) is 11.6 Å². The second kappa shape index (κ2) is 5.05. The maximum atomic E-state index is 11.5. The van der Waals surface area contributed by atoms with Crippen LogP contribution in [0.4, 0.5) is 5.69 Å². The number of carbonyl (C=O) groups excluding carboxylic acids is 1. The first-order chi connectivity index (χ1) is 9.06. The molecule has 2 rings (SSSR count). The van der Waals surface area contributed by atoms with Crippen LogP contribution < -0.4 is 11.5 Å². The van der Waals surface area contributed by atoms with Gasteiger partial charge in [0.05, 0.1) is 17.4 Å². The number of rotatable bonds is 4. The van der Waals surface area contributed by atoms with Crippen LogP contribution in [0.1, 0.15) is 35.9 Å². The number of primary amides is 1. The van der Waals surface area contributed by atoms with Crippen LogP contribution >= 0.6 is 0 Å². The highest BCUT2D eigenvalue weighted by Gasteiger charge is 2.17. The van der Waals surface area contributed by atoms with E-state index in [1.807, 2.05) is 13.8 Å². The predicted octanol–water partition coefficient (Wildman–Crippen LogP) is 0.468. The van der Waals surface area contributed by atoms with Crippen molar-refractivity contribution in [2.45, 2.75) is 26.7 Å². The van der Waals surface area contributed by atoms with Crippen molar-refractivity contribution in [1.29, 1.82) is 0 Å². The van der Waals surface area contributed by atoms with Gasteiger partial charge in [-0.1, -0.05) is 13.8 Å². The van der Waals surface area contributed by atoms with Gasteiger partial charge in [-0.2, -0.15) is 4.68 Å².